The number of hydrogen-bond acceptors (Lipinski definition) is 4. The molecule has 0 radical (unpaired) electrons. The molecule has 2 N–H and O–H groups in total. The minimum absolute atomic E-state index is 0.0679. The van der Waals surface area contributed by atoms with Gasteiger partial charge in [0.25, 0.3) is 10.2 Å². The summed E-state index contributed by atoms with van der Waals surface area (Å²) < 4.78 is 33.5. The van der Waals surface area contributed by atoms with Crippen LogP contribution in [0.4, 0.5) is 0 Å². The van der Waals surface area contributed by atoms with E-state index in [-0.39, 0.29) is 6.54 Å². The van der Waals surface area contributed by atoms with E-state index >= 15 is 0 Å². The lowest BCUT2D eigenvalue weighted by atomic mass is 10.0. The lowest BCUT2D eigenvalue weighted by molar-refractivity contribution is -0.142. The fourth-order valence-electron chi connectivity index (χ4n) is 2.63. The van der Waals surface area contributed by atoms with Crippen LogP contribution in [0.25, 0.3) is 0 Å². The first-order valence-corrected chi connectivity index (χ1v) is 8.48. The zero-order valence-corrected chi connectivity index (χ0v) is 12.3. The van der Waals surface area contributed by atoms with E-state index in [0.717, 1.165) is 12.8 Å². The molecular weight excluding hydrogens is 284 g/mol. The minimum atomic E-state index is -3.57. The molecule has 0 bridgehead atoms. The van der Waals surface area contributed by atoms with Crippen molar-refractivity contribution < 1.29 is 23.1 Å². The summed E-state index contributed by atoms with van der Waals surface area (Å²) in [4.78, 5) is 11.0. The number of rotatable bonds is 5. The van der Waals surface area contributed by atoms with Crippen molar-refractivity contribution in [3.63, 3.8) is 0 Å². The second-order valence-electron chi connectivity index (χ2n) is 5.44. The van der Waals surface area contributed by atoms with Gasteiger partial charge in [0.2, 0.25) is 0 Å². The highest BCUT2D eigenvalue weighted by Gasteiger charge is 2.32. The van der Waals surface area contributed by atoms with Crippen molar-refractivity contribution in [2.45, 2.75) is 25.7 Å². The number of nitrogens with zero attached hydrogens (tertiary/aromatic N) is 1. The van der Waals surface area contributed by atoms with Gasteiger partial charge in [0.1, 0.15) is 0 Å². The second-order valence-corrected chi connectivity index (χ2v) is 7.20. The quantitative estimate of drug-likeness (QED) is 0.748. The summed E-state index contributed by atoms with van der Waals surface area (Å²) in [7, 11) is -3.57. The van der Waals surface area contributed by atoms with Gasteiger partial charge in [-0.25, -0.2) is 4.72 Å². The summed E-state index contributed by atoms with van der Waals surface area (Å²) in [6, 6.07) is 0. The molecule has 116 valence electrons. The molecule has 0 aromatic carbocycles. The van der Waals surface area contributed by atoms with E-state index in [1.54, 1.807) is 0 Å². The summed E-state index contributed by atoms with van der Waals surface area (Å²) in [5.74, 6) is -1.21. The fourth-order valence-corrected chi connectivity index (χ4v) is 4.00. The average molecular weight is 306 g/mol. The number of carboxylic acids is 1. The fraction of sp³-hybridized carbons (Fsp3) is 0.917. The van der Waals surface area contributed by atoms with E-state index in [1.807, 2.05) is 0 Å². The third kappa shape index (κ3) is 4.15. The first kappa shape index (κ1) is 15.7. The number of aliphatic carboxylic acids is 1. The molecule has 0 aromatic heterocycles. The maximum atomic E-state index is 12.2. The molecule has 0 aliphatic carbocycles. The van der Waals surface area contributed by atoms with Crippen LogP contribution in [-0.2, 0) is 19.7 Å². The Morgan fingerprint density at radius 1 is 1.30 bits per heavy atom. The number of piperidine rings is 1. The van der Waals surface area contributed by atoms with E-state index in [0.29, 0.717) is 45.1 Å². The highest BCUT2D eigenvalue weighted by Crippen LogP contribution is 2.19. The van der Waals surface area contributed by atoms with Gasteiger partial charge >= 0.3 is 5.97 Å². The molecule has 1 unspecified atom stereocenters. The van der Waals surface area contributed by atoms with E-state index < -0.39 is 22.1 Å². The van der Waals surface area contributed by atoms with Crippen LogP contribution in [0.5, 0.6) is 0 Å². The summed E-state index contributed by atoms with van der Waals surface area (Å²) in [6.45, 7) is 2.22. The standard InChI is InChI=1S/C12H22N2O5S/c15-12(16)11-2-1-5-14(9-11)20(17,18)13-8-10-3-6-19-7-4-10/h10-11,13H,1-9H2,(H,15,16). The van der Waals surface area contributed by atoms with Gasteiger partial charge in [-0.1, -0.05) is 0 Å². The van der Waals surface area contributed by atoms with Crippen LogP contribution in [0.1, 0.15) is 25.7 Å². The van der Waals surface area contributed by atoms with E-state index in [1.165, 1.54) is 4.31 Å². The molecule has 2 rings (SSSR count). The first-order chi connectivity index (χ1) is 9.49. The zero-order valence-electron chi connectivity index (χ0n) is 11.5. The molecule has 20 heavy (non-hydrogen) atoms. The van der Waals surface area contributed by atoms with Crippen LogP contribution in [0.15, 0.2) is 0 Å². The molecule has 0 saturated carbocycles. The Balaban J connectivity index is 1.87. The van der Waals surface area contributed by atoms with Crippen LogP contribution in [-0.4, -0.2) is 56.6 Å². The van der Waals surface area contributed by atoms with Crippen LogP contribution in [0, 0.1) is 11.8 Å². The first-order valence-electron chi connectivity index (χ1n) is 7.04. The predicted octanol–water partition coefficient (Wildman–Crippen LogP) is 0.0440. The molecule has 1 atom stereocenters. The molecule has 2 heterocycles. The van der Waals surface area contributed by atoms with Gasteiger partial charge in [0.05, 0.1) is 5.92 Å². The van der Waals surface area contributed by atoms with Crippen LogP contribution < -0.4 is 4.72 Å². The van der Waals surface area contributed by atoms with Gasteiger partial charge in [-0.15, -0.1) is 0 Å². The molecule has 2 saturated heterocycles. The van der Waals surface area contributed by atoms with Crippen molar-refractivity contribution in [1.82, 2.24) is 9.03 Å². The van der Waals surface area contributed by atoms with Gasteiger partial charge in [0.15, 0.2) is 0 Å². The Labute approximate surface area is 119 Å². The summed E-state index contributed by atoms with van der Waals surface area (Å²) in [6.07, 6.45) is 2.86. The SMILES string of the molecule is O=C(O)C1CCCN(S(=O)(=O)NCC2CCOCC2)C1. The third-order valence-corrected chi connectivity index (χ3v) is 5.51. The summed E-state index contributed by atoms with van der Waals surface area (Å²) >= 11 is 0. The Bertz CT molecular complexity index is 433. The predicted molar refractivity (Wildman–Crippen MR) is 72.4 cm³/mol. The molecule has 0 aromatic rings. The molecule has 2 aliphatic rings. The summed E-state index contributed by atoms with van der Waals surface area (Å²) in [5.41, 5.74) is 0. The maximum absolute atomic E-state index is 12.2. The Hall–Kier alpha value is -0.700. The summed E-state index contributed by atoms with van der Waals surface area (Å²) in [5, 5.41) is 9.00. The van der Waals surface area contributed by atoms with Crippen LogP contribution >= 0.6 is 0 Å². The molecule has 0 amide bonds. The zero-order chi connectivity index (χ0) is 14.6. The molecule has 7 nitrogen and oxygen atoms in total. The molecular formula is C12H22N2O5S. The number of nitrogens with one attached hydrogen (secondary N) is 1. The smallest absolute Gasteiger partial charge is 0.307 e. The van der Waals surface area contributed by atoms with Gasteiger partial charge in [-0.3, -0.25) is 4.79 Å². The van der Waals surface area contributed by atoms with Crippen LogP contribution in [0.2, 0.25) is 0 Å². The molecule has 0 spiro atoms. The number of hydrogen-bond donors (Lipinski definition) is 2. The number of carboxylic acid groups (broad SMARTS) is 1. The van der Waals surface area contributed by atoms with Crippen molar-refractivity contribution in [3.8, 4) is 0 Å². The monoisotopic (exact) mass is 306 g/mol. The van der Waals surface area contributed by atoms with E-state index in [4.69, 9.17) is 9.84 Å². The Kier molecular flexibility index (Phi) is 5.36. The van der Waals surface area contributed by atoms with Crippen molar-refractivity contribution in [1.29, 1.82) is 0 Å². The normalized spacial score (nSPS) is 26.5. The van der Waals surface area contributed by atoms with E-state index in [2.05, 4.69) is 4.72 Å². The second kappa shape index (κ2) is 6.84. The van der Waals surface area contributed by atoms with Gasteiger partial charge in [0, 0.05) is 32.8 Å². The van der Waals surface area contributed by atoms with Crippen molar-refractivity contribution >= 4 is 16.2 Å². The third-order valence-electron chi connectivity index (χ3n) is 3.97. The van der Waals surface area contributed by atoms with E-state index in [9.17, 15) is 13.2 Å². The highest BCUT2D eigenvalue weighted by atomic mass is 32.2. The lowest BCUT2D eigenvalue weighted by Crippen LogP contribution is -2.48. The molecule has 8 heteroatoms. The van der Waals surface area contributed by atoms with Crippen molar-refractivity contribution in [2.75, 3.05) is 32.8 Å². The highest BCUT2D eigenvalue weighted by molar-refractivity contribution is 7.87. The van der Waals surface area contributed by atoms with Gasteiger partial charge in [-0.2, -0.15) is 12.7 Å². The Morgan fingerprint density at radius 2 is 2.00 bits per heavy atom. The van der Waals surface area contributed by atoms with Crippen LogP contribution in [0.3, 0.4) is 0 Å². The molecule has 2 aliphatic heterocycles. The van der Waals surface area contributed by atoms with Crippen molar-refractivity contribution in [2.24, 2.45) is 11.8 Å². The van der Waals surface area contributed by atoms with Crippen molar-refractivity contribution in [3.05, 3.63) is 0 Å². The molecule has 2 fully saturated rings. The van der Waals surface area contributed by atoms with Gasteiger partial charge < -0.3 is 9.84 Å². The number of carbonyl (C=O) groups is 1. The minimum Gasteiger partial charge on any atom is -0.481 e. The Morgan fingerprint density at radius 3 is 2.65 bits per heavy atom. The van der Waals surface area contributed by atoms with Gasteiger partial charge in [-0.05, 0) is 31.6 Å². The lowest BCUT2D eigenvalue weighted by Gasteiger charge is -2.30. The maximum Gasteiger partial charge on any atom is 0.307 e. The largest absolute Gasteiger partial charge is 0.481 e. The average Bonchev–Trinajstić information content (AvgIpc) is 2.46. The number of ether oxygens (including phenoxy) is 1. The topological polar surface area (TPSA) is 95.9 Å².